The number of para-hydroxylation sites is 2. The predicted octanol–water partition coefficient (Wildman–Crippen LogP) is 1.20. The molecule has 110 valence electrons. The molecule has 20 heavy (non-hydrogen) atoms. The number of nitro benzene ring substituents is 1. The number of likely N-dealkylation sites (N-methyl/N-ethyl adjacent to an activating group) is 1. The van der Waals surface area contributed by atoms with Crippen LogP contribution in [0.5, 0.6) is 5.75 Å². The van der Waals surface area contributed by atoms with Crippen molar-refractivity contribution in [1.29, 1.82) is 0 Å². The Morgan fingerprint density at radius 3 is 2.80 bits per heavy atom. The maximum Gasteiger partial charge on any atom is 0.310 e. The minimum absolute atomic E-state index is 0.0745. The summed E-state index contributed by atoms with van der Waals surface area (Å²) in [6.45, 7) is 0.447. The van der Waals surface area contributed by atoms with E-state index in [1.807, 2.05) is 0 Å². The summed E-state index contributed by atoms with van der Waals surface area (Å²) >= 11 is 0. The molecule has 0 atom stereocenters. The average molecular weight is 282 g/mol. The van der Waals surface area contributed by atoms with Gasteiger partial charge in [0.25, 0.3) is 0 Å². The highest BCUT2D eigenvalue weighted by Gasteiger charge is 2.13. The summed E-state index contributed by atoms with van der Waals surface area (Å²) in [4.78, 5) is 23.3. The standard InChI is InChI=1S/C13H18N2O5/c1-14(8-9-16)13(17)7-4-10-20-12-6-3-2-5-11(12)15(18)19/h2-3,5-6,16H,4,7-10H2,1H3. The maximum atomic E-state index is 11.6. The van der Waals surface area contributed by atoms with Crippen LogP contribution in [-0.2, 0) is 4.79 Å². The second-order valence-electron chi connectivity index (χ2n) is 4.22. The van der Waals surface area contributed by atoms with Crippen molar-refractivity contribution in [2.24, 2.45) is 0 Å². The first-order chi connectivity index (χ1) is 9.56. The van der Waals surface area contributed by atoms with Crippen molar-refractivity contribution >= 4 is 11.6 Å². The van der Waals surface area contributed by atoms with Crippen molar-refractivity contribution < 1.29 is 19.6 Å². The number of ether oxygens (including phenoxy) is 1. The third kappa shape index (κ3) is 4.85. The molecule has 0 bridgehead atoms. The molecule has 0 spiro atoms. The maximum absolute atomic E-state index is 11.6. The molecule has 7 heteroatoms. The third-order valence-electron chi connectivity index (χ3n) is 2.72. The second-order valence-corrected chi connectivity index (χ2v) is 4.22. The highest BCUT2D eigenvalue weighted by molar-refractivity contribution is 5.75. The Labute approximate surface area is 116 Å². The van der Waals surface area contributed by atoms with Crippen LogP contribution in [0.2, 0.25) is 0 Å². The fourth-order valence-corrected chi connectivity index (χ4v) is 1.60. The smallest absolute Gasteiger partial charge is 0.310 e. The first kappa shape index (κ1) is 15.9. The zero-order valence-electron chi connectivity index (χ0n) is 11.3. The number of amides is 1. The molecule has 1 N–H and O–H groups in total. The van der Waals surface area contributed by atoms with E-state index in [0.717, 1.165) is 0 Å². The monoisotopic (exact) mass is 282 g/mol. The van der Waals surface area contributed by atoms with Crippen LogP contribution in [0.1, 0.15) is 12.8 Å². The van der Waals surface area contributed by atoms with Gasteiger partial charge in [0, 0.05) is 26.1 Å². The molecule has 0 aliphatic heterocycles. The van der Waals surface area contributed by atoms with Gasteiger partial charge in [0.1, 0.15) is 0 Å². The van der Waals surface area contributed by atoms with Gasteiger partial charge in [0.2, 0.25) is 5.91 Å². The molecule has 1 rings (SSSR count). The number of nitro groups is 1. The van der Waals surface area contributed by atoms with Crippen LogP contribution >= 0.6 is 0 Å². The fraction of sp³-hybridized carbons (Fsp3) is 0.462. The van der Waals surface area contributed by atoms with E-state index in [4.69, 9.17) is 9.84 Å². The van der Waals surface area contributed by atoms with Gasteiger partial charge in [-0.15, -0.1) is 0 Å². The van der Waals surface area contributed by atoms with Crippen molar-refractivity contribution in [3.8, 4) is 5.75 Å². The highest BCUT2D eigenvalue weighted by atomic mass is 16.6. The molecule has 0 unspecified atom stereocenters. The van der Waals surface area contributed by atoms with Gasteiger partial charge in [-0.05, 0) is 12.5 Å². The van der Waals surface area contributed by atoms with E-state index in [1.54, 1.807) is 19.2 Å². The molecule has 0 saturated carbocycles. The van der Waals surface area contributed by atoms with E-state index >= 15 is 0 Å². The number of hydrogen-bond acceptors (Lipinski definition) is 5. The van der Waals surface area contributed by atoms with E-state index in [-0.39, 0.29) is 37.0 Å². The lowest BCUT2D eigenvalue weighted by atomic mass is 10.3. The van der Waals surface area contributed by atoms with E-state index in [2.05, 4.69) is 0 Å². The lowest BCUT2D eigenvalue weighted by Crippen LogP contribution is -2.29. The van der Waals surface area contributed by atoms with Gasteiger partial charge in [-0.3, -0.25) is 14.9 Å². The van der Waals surface area contributed by atoms with Crippen LogP contribution in [0.25, 0.3) is 0 Å². The van der Waals surface area contributed by atoms with Gasteiger partial charge in [-0.2, -0.15) is 0 Å². The highest BCUT2D eigenvalue weighted by Crippen LogP contribution is 2.25. The summed E-state index contributed by atoms with van der Waals surface area (Å²) in [6.07, 6.45) is 0.734. The normalized spacial score (nSPS) is 10.1. The van der Waals surface area contributed by atoms with Gasteiger partial charge in [-0.1, -0.05) is 12.1 Å². The Balaban J connectivity index is 2.38. The Morgan fingerprint density at radius 1 is 1.45 bits per heavy atom. The van der Waals surface area contributed by atoms with E-state index in [0.29, 0.717) is 13.0 Å². The lowest BCUT2D eigenvalue weighted by Gasteiger charge is -2.15. The van der Waals surface area contributed by atoms with E-state index in [9.17, 15) is 14.9 Å². The Hall–Kier alpha value is -2.15. The van der Waals surface area contributed by atoms with Crippen molar-refractivity contribution in [1.82, 2.24) is 4.90 Å². The topological polar surface area (TPSA) is 92.9 Å². The molecule has 0 radical (unpaired) electrons. The lowest BCUT2D eigenvalue weighted by molar-refractivity contribution is -0.385. The number of carbonyl (C=O) groups excluding carboxylic acids is 1. The second kappa shape index (κ2) is 8.11. The molecule has 0 fully saturated rings. The Bertz CT molecular complexity index is 464. The first-order valence-electron chi connectivity index (χ1n) is 6.27. The summed E-state index contributed by atoms with van der Waals surface area (Å²) in [5.74, 6) is 0.110. The number of hydrogen-bond donors (Lipinski definition) is 1. The van der Waals surface area contributed by atoms with E-state index < -0.39 is 4.92 Å². The van der Waals surface area contributed by atoms with Crippen LogP contribution in [-0.4, -0.2) is 47.6 Å². The summed E-state index contributed by atoms with van der Waals surface area (Å²) < 4.78 is 5.33. The molecule has 7 nitrogen and oxygen atoms in total. The summed E-state index contributed by atoms with van der Waals surface area (Å²) in [5, 5.41) is 19.5. The number of rotatable bonds is 8. The summed E-state index contributed by atoms with van der Waals surface area (Å²) in [7, 11) is 1.61. The minimum atomic E-state index is -0.504. The number of aliphatic hydroxyl groups is 1. The number of carbonyl (C=O) groups is 1. The van der Waals surface area contributed by atoms with Gasteiger partial charge in [0.15, 0.2) is 5.75 Å². The van der Waals surface area contributed by atoms with Gasteiger partial charge < -0.3 is 14.7 Å². The molecule has 0 heterocycles. The minimum Gasteiger partial charge on any atom is -0.487 e. The van der Waals surface area contributed by atoms with Crippen molar-refractivity contribution in [3.05, 3.63) is 34.4 Å². The van der Waals surface area contributed by atoms with E-state index in [1.165, 1.54) is 17.0 Å². The zero-order chi connectivity index (χ0) is 15.0. The molecule has 0 saturated heterocycles. The quantitative estimate of drug-likeness (QED) is 0.439. The summed E-state index contributed by atoms with van der Waals surface area (Å²) in [6, 6.07) is 6.12. The molecular formula is C13H18N2O5. The average Bonchev–Trinajstić information content (AvgIpc) is 2.43. The number of benzene rings is 1. The van der Waals surface area contributed by atoms with Crippen molar-refractivity contribution in [3.63, 3.8) is 0 Å². The van der Waals surface area contributed by atoms with Crippen LogP contribution < -0.4 is 4.74 Å². The Morgan fingerprint density at radius 2 is 2.15 bits per heavy atom. The fourth-order valence-electron chi connectivity index (χ4n) is 1.60. The molecule has 0 aromatic heterocycles. The van der Waals surface area contributed by atoms with Gasteiger partial charge in [0.05, 0.1) is 18.1 Å². The van der Waals surface area contributed by atoms with Gasteiger partial charge in [-0.25, -0.2) is 0 Å². The zero-order valence-corrected chi connectivity index (χ0v) is 11.3. The van der Waals surface area contributed by atoms with Crippen LogP contribution in [0.3, 0.4) is 0 Å². The largest absolute Gasteiger partial charge is 0.487 e. The molecule has 0 aliphatic rings. The van der Waals surface area contributed by atoms with Crippen LogP contribution in [0, 0.1) is 10.1 Å². The van der Waals surface area contributed by atoms with Crippen LogP contribution in [0.15, 0.2) is 24.3 Å². The first-order valence-corrected chi connectivity index (χ1v) is 6.27. The third-order valence-corrected chi connectivity index (χ3v) is 2.72. The molecule has 0 aliphatic carbocycles. The van der Waals surface area contributed by atoms with Crippen LogP contribution in [0.4, 0.5) is 5.69 Å². The van der Waals surface area contributed by atoms with Gasteiger partial charge >= 0.3 is 5.69 Å². The SMILES string of the molecule is CN(CCO)C(=O)CCCOc1ccccc1[N+](=O)[O-]. The molecule has 1 aromatic rings. The molecule has 1 amide bonds. The van der Waals surface area contributed by atoms with Crippen molar-refractivity contribution in [2.45, 2.75) is 12.8 Å². The number of aliphatic hydroxyl groups excluding tert-OH is 1. The predicted molar refractivity (Wildman–Crippen MR) is 72.5 cm³/mol. The Kier molecular flexibility index (Phi) is 6.45. The van der Waals surface area contributed by atoms with Crippen molar-refractivity contribution in [2.75, 3.05) is 26.8 Å². The molecular weight excluding hydrogens is 264 g/mol. The number of nitrogens with zero attached hydrogens (tertiary/aromatic N) is 2. The molecule has 1 aromatic carbocycles. The summed E-state index contributed by atoms with van der Waals surface area (Å²) in [5.41, 5.74) is -0.0868.